The average Bonchev–Trinajstić information content (AvgIpc) is 2.29. The molecule has 0 radical (unpaired) electrons. The van der Waals surface area contributed by atoms with Crippen molar-refractivity contribution in [1.82, 2.24) is 5.32 Å². The number of carbonyl (C=O) groups is 1. The number of nitro groups is 1. The van der Waals surface area contributed by atoms with Crippen molar-refractivity contribution in [1.29, 1.82) is 0 Å². The third-order valence-corrected chi connectivity index (χ3v) is 3.38. The van der Waals surface area contributed by atoms with Gasteiger partial charge in [-0.15, -0.1) is 0 Å². The number of aromatic hydroxyl groups is 1. The van der Waals surface area contributed by atoms with Crippen LogP contribution < -0.4 is 10.6 Å². The van der Waals surface area contributed by atoms with Gasteiger partial charge < -0.3 is 15.7 Å². The lowest BCUT2D eigenvalue weighted by molar-refractivity contribution is -0.384. The van der Waals surface area contributed by atoms with Crippen LogP contribution in [0.4, 0.5) is 11.4 Å². The molecule has 1 unspecified atom stereocenters. The van der Waals surface area contributed by atoms with Gasteiger partial charge in [0.2, 0.25) is 5.91 Å². The number of rotatable bonds is 4. The van der Waals surface area contributed by atoms with Crippen LogP contribution in [0, 0.1) is 22.0 Å². The molecule has 7 heteroatoms. The number of phenols is 1. The fourth-order valence-electron chi connectivity index (χ4n) is 1.86. The van der Waals surface area contributed by atoms with Gasteiger partial charge in [0.1, 0.15) is 5.75 Å². The minimum Gasteiger partial charge on any atom is -0.506 e. The summed E-state index contributed by atoms with van der Waals surface area (Å²) < 4.78 is 0. The molecule has 0 spiro atoms. The van der Waals surface area contributed by atoms with Gasteiger partial charge in [0.15, 0.2) is 0 Å². The van der Waals surface area contributed by atoms with E-state index in [1.807, 2.05) is 0 Å². The number of amides is 1. The minimum absolute atomic E-state index is 0.0679. The normalized spacial score (nSPS) is 16.5. The first-order valence-corrected chi connectivity index (χ1v) is 5.98. The van der Waals surface area contributed by atoms with Crippen LogP contribution in [0.2, 0.25) is 0 Å². The molecule has 1 fully saturated rings. The Morgan fingerprint density at radius 2 is 2.26 bits per heavy atom. The van der Waals surface area contributed by atoms with E-state index < -0.39 is 4.92 Å². The first kappa shape index (κ1) is 13.3. The summed E-state index contributed by atoms with van der Waals surface area (Å²) in [6, 6.07) is 3.53. The number of non-ortho nitro benzene ring substituents is 1. The Morgan fingerprint density at radius 1 is 1.58 bits per heavy atom. The summed E-state index contributed by atoms with van der Waals surface area (Å²) >= 11 is 0. The highest BCUT2D eigenvalue weighted by molar-refractivity contribution is 5.94. The zero-order chi connectivity index (χ0) is 14.0. The standard InChI is InChI=1S/C12H15N3O4/c1-7(8-5-13-6-8)12(17)14-10-4-9(15(18)19)2-3-11(10)16/h2-4,7-8,13,16H,5-6H2,1H3,(H,14,17). The molecule has 1 aromatic carbocycles. The zero-order valence-corrected chi connectivity index (χ0v) is 10.4. The van der Waals surface area contributed by atoms with E-state index in [-0.39, 0.29) is 34.9 Å². The van der Waals surface area contributed by atoms with Gasteiger partial charge in [0, 0.05) is 18.1 Å². The molecule has 1 aliphatic rings. The summed E-state index contributed by atoms with van der Waals surface area (Å²) in [5, 5.41) is 25.9. The molecule has 2 rings (SSSR count). The predicted molar refractivity (Wildman–Crippen MR) is 68.9 cm³/mol. The van der Waals surface area contributed by atoms with Crippen LogP contribution in [0.1, 0.15) is 6.92 Å². The number of nitro benzene ring substituents is 1. The molecular weight excluding hydrogens is 250 g/mol. The van der Waals surface area contributed by atoms with Crippen molar-refractivity contribution in [3.8, 4) is 5.75 Å². The molecule has 1 amide bonds. The largest absolute Gasteiger partial charge is 0.506 e. The molecular formula is C12H15N3O4. The molecule has 19 heavy (non-hydrogen) atoms. The summed E-state index contributed by atoms with van der Waals surface area (Å²) in [6.45, 7) is 3.38. The number of anilines is 1. The number of phenolic OH excluding ortho intramolecular Hbond substituents is 1. The van der Waals surface area contributed by atoms with Crippen LogP contribution in [-0.4, -0.2) is 29.0 Å². The lowest BCUT2D eigenvalue weighted by Gasteiger charge is -2.31. The lowest BCUT2D eigenvalue weighted by atomic mass is 9.88. The van der Waals surface area contributed by atoms with E-state index in [0.29, 0.717) is 0 Å². The van der Waals surface area contributed by atoms with Gasteiger partial charge in [-0.05, 0) is 25.1 Å². The van der Waals surface area contributed by atoms with Gasteiger partial charge in [-0.25, -0.2) is 0 Å². The Hall–Kier alpha value is -2.15. The SMILES string of the molecule is CC(C(=O)Nc1cc([N+](=O)[O-])ccc1O)C1CNC1. The van der Waals surface area contributed by atoms with Crippen molar-refractivity contribution in [2.75, 3.05) is 18.4 Å². The maximum absolute atomic E-state index is 12.0. The molecule has 0 bridgehead atoms. The van der Waals surface area contributed by atoms with E-state index in [4.69, 9.17) is 0 Å². The number of benzene rings is 1. The predicted octanol–water partition coefficient (Wildman–Crippen LogP) is 1.09. The third kappa shape index (κ3) is 2.82. The highest BCUT2D eigenvalue weighted by atomic mass is 16.6. The van der Waals surface area contributed by atoms with Crippen molar-refractivity contribution in [3.63, 3.8) is 0 Å². The van der Waals surface area contributed by atoms with Gasteiger partial charge in [0.05, 0.1) is 10.6 Å². The second-order valence-corrected chi connectivity index (χ2v) is 4.65. The van der Waals surface area contributed by atoms with Crippen molar-refractivity contribution in [2.24, 2.45) is 11.8 Å². The molecule has 1 saturated heterocycles. The van der Waals surface area contributed by atoms with Crippen molar-refractivity contribution in [2.45, 2.75) is 6.92 Å². The van der Waals surface area contributed by atoms with E-state index in [2.05, 4.69) is 10.6 Å². The molecule has 1 aliphatic heterocycles. The second-order valence-electron chi connectivity index (χ2n) is 4.65. The minimum atomic E-state index is -0.575. The van der Waals surface area contributed by atoms with E-state index >= 15 is 0 Å². The van der Waals surface area contributed by atoms with E-state index in [1.54, 1.807) is 6.92 Å². The monoisotopic (exact) mass is 265 g/mol. The summed E-state index contributed by atoms with van der Waals surface area (Å²) in [5.41, 5.74) is -0.107. The third-order valence-electron chi connectivity index (χ3n) is 3.38. The Kier molecular flexibility index (Phi) is 3.66. The maximum atomic E-state index is 12.0. The molecule has 3 N–H and O–H groups in total. The highest BCUT2D eigenvalue weighted by Crippen LogP contribution is 2.29. The smallest absolute Gasteiger partial charge is 0.271 e. The van der Waals surface area contributed by atoms with Crippen molar-refractivity contribution < 1.29 is 14.8 Å². The second kappa shape index (κ2) is 5.23. The number of carbonyl (C=O) groups excluding carboxylic acids is 1. The van der Waals surface area contributed by atoms with E-state index in [9.17, 15) is 20.0 Å². The molecule has 0 aliphatic carbocycles. The Labute approximate surface area is 109 Å². The van der Waals surface area contributed by atoms with Gasteiger partial charge in [-0.1, -0.05) is 6.92 Å². The Balaban J connectivity index is 2.11. The lowest BCUT2D eigenvalue weighted by Crippen LogP contribution is -2.48. The summed E-state index contributed by atoms with van der Waals surface area (Å²) in [7, 11) is 0. The van der Waals surface area contributed by atoms with Crippen LogP contribution in [0.3, 0.4) is 0 Å². The summed E-state index contributed by atoms with van der Waals surface area (Å²) in [5.74, 6) is -0.374. The van der Waals surface area contributed by atoms with Crippen molar-refractivity contribution in [3.05, 3.63) is 28.3 Å². The van der Waals surface area contributed by atoms with Gasteiger partial charge >= 0.3 is 0 Å². The molecule has 0 aromatic heterocycles. The first-order chi connectivity index (χ1) is 8.99. The maximum Gasteiger partial charge on any atom is 0.271 e. The molecule has 1 aromatic rings. The number of hydrogen-bond donors (Lipinski definition) is 3. The fourth-order valence-corrected chi connectivity index (χ4v) is 1.86. The molecule has 1 heterocycles. The van der Waals surface area contributed by atoms with Gasteiger partial charge in [0.25, 0.3) is 5.69 Å². The highest BCUT2D eigenvalue weighted by Gasteiger charge is 2.29. The Morgan fingerprint density at radius 3 is 2.79 bits per heavy atom. The van der Waals surface area contributed by atoms with Gasteiger partial charge in [-0.2, -0.15) is 0 Å². The molecule has 1 atom stereocenters. The molecule has 102 valence electrons. The number of nitrogens with zero attached hydrogens (tertiary/aromatic N) is 1. The zero-order valence-electron chi connectivity index (χ0n) is 10.4. The van der Waals surface area contributed by atoms with Crippen molar-refractivity contribution >= 4 is 17.3 Å². The van der Waals surface area contributed by atoms with Crippen LogP contribution in [-0.2, 0) is 4.79 Å². The number of hydrogen-bond acceptors (Lipinski definition) is 5. The number of nitrogens with one attached hydrogen (secondary N) is 2. The average molecular weight is 265 g/mol. The quantitative estimate of drug-likeness (QED) is 0.429. The van der Waals surface area contributed by atoms with Crippen LogP contribution in [0.25, 0.3) is 0 Å². The van der Waals surface area contributed by atoms with Crippen LogP contribution >= 0.6 is 0 Å². The topological polar surface area (TPSA) is 104 Å². The van der Waals surface area contributed by atoms with Gasteiger partial charge in [-0.3, -0.25) is 14.9 Å². The van der Waals surface area contributed by atoms with E-state index in [1.165, 1.54) is 12.1 Å². The summed E-state index contributed by atoms with van der Waals surface area (Å²) in [6.07, 6.45) is 0. The Bertz CT molecular complexity index is 514. The summed E-state index contributed by atoms with van der Waals surface area (Å²) in [4.78, 5) is 22.0. The molecule has 7 nitrogen and oxygen atoms in total. The first-order valence-electron chi connectivity index (χ1n) is 5.98. The van der Waals surface area contributed by atoms with Crippen LogP contribution in [0.15, 0.2) is 18.2 Å². The van der Waals surface area contributed by atoms with E-state index in [0.717, 1.165) is 19.2 Å². The fraction of sp³-hybridized carbons (Fsp3) is 0.417. The molecule has 0 saturated carbocycles. The van der Waals surface area contributed by atoms with Crippen LogP contribution in [0.5, 0.6) is 5.75 Å².